The minimum Gasteiger partial charge on any atom is -0.490 e. The number of nitrogens with zero attached hydrogens (tertiary/aromatic N) is 2. The maximum Gasteiger partial charge on any atom is 0.276 e. The molecule has 1 aliphatic heterocycles. The van der Waals surface area contributed by atoms with Crippen LogP contribution < -0.4 is 15.0 Å². The fourth-order valence-corrected chi connectivity index (χ4v) is 3.45. The highest BCUT2D eigenvalue weighted by atomic mass is 16.5. The third-order valence-corrected chi connectivity index (χ3v) is 4.92. The molecule has 7 heteroatoms. The van der Waals surface area contributed by atoms with E-state index in [1.165, 1.54) is 4.68 Å². The van der Waals surface area contributed by atoms with Gasteiger partial charge in [-0.1, -0.05) is 30.3 Å². The summed E-state index contributed by atoms with van der Waals surface area (Å²) in [6.45, 7) is 3.13. The van der Waals surface area contributed by atoms with E-state index >= 15 is 0 Å². The Morgan fingerprint density at radius 2 is 1.72 bits per heavy atom. The van der Waals surface area contributed by atoms with Crippen LogP contribution in [0.25, 0.3) is 5.69 Å². The van der Waals surface area contributed by atoms with Crippen molar-refractivity contribution in [1.29, 1.82) is 0 Å². The zero-order valence-corrected chi connectivity index (χ0v) is 16.3. The summed E-state index contributed by atoms with van der Waals surface area (Å²) in [6.07, 6.45) is 0.603. The van der Waals surface area contributed by atoms with Gasteiger partial charge in [-0.05, 0) is 31.2 Å². The standard InChI is InChI=1S/C22H23N3O4/c1-2-28-19-10-6-7-11-20(19)29-15-21(26)24-13-12-18-17(14-24)22(27)25(23-18)16-8-4-3-5-9-16/h3-11,23H,2,12-15H2,1H3. The molecule has 0 atom stereocenters. The van der Waals surface area contributed by atoms with Crippen LogP contribution >= 0.6 is 0 Å². The lowest BCUT2D eigenvalue weighted by atomic mass is 10.1. The van der Waals surface area contributed by atoms with Crippen molar-refractivity contribution in [2.24, 2.45) is 0 Å². The van der Waals surface area contributed by atoms with Crippen LogP contribution in [0.2, 0.25) is 0 Å². The first kappa shape index (κ1) is 18.9. The number of rotatable bonds is 6. The van der Waals surface area contributed by atoms with Crippen molar-refractivity contribution in [3.63, 3.8) is 0 Å². The van der Waals surface area contributed by atoms with Gasteiger partial charge in [-0.2, -0.15) is 0 Å². The zero-order chi connectivity index (χ0) is 20.2. The van der Waals surface area contributed by atoms with E-state index in [2.05, 4.69) is 5.10 Å². The van der Waals surface area contributed by atoms with Crippen molar-refractivity contribution >= 4 is 5.91 Å². The Bertz CT molecular complexity index is 1060. The average Bonchev–Trinajstić information content (AvgIpc) is 3.09. The zero-order valence-electron chi connectivity index (χ0n) is 16.3. The lowest BCUT2D eigenvalue weighted by Crippen LogP contribution is -2.40. The van der Waals surface area contributed by atoms with Crippen molar-refractivity contribution in [2.75, 3.05) is 19.8 Å². The van der Waals surface area contributed by atoms with E-state index in [4.69, 9.17) is 9.47 Å². The number of aromatic amines is 1. The maximum absolute atomic E-state index is 12.8. The molecule has 0 unspecified atom stereocenters. The monoisotopic (exact) mass is 393 g/mol. The van der Waals surface area contributed by atoms with Crippen LogP contribution in [0.4, 0.5) is 0 Å². The molecule has 0 fully saturated rings. The Morgan fingerprint density at radius 1 is 1.03 bits per heavy atom. The molecule has 2 heterocycles. The van der Waals surface area contributed by atoms with Crippen molar-refractivity contribution in [3.8, 4) is 17.2 Å². The molecular weight excluding hydrogens is 370 g/mol. The van der Waals surface area contributed by atoms with E-state index in [0.717, 1.165) is 11.4 Å². The predicted octanol–water partition coefficient (Wildman–Crippen LogP) is 2.53. The topological polar surface area (TPSA) is 76.6 Å². The number of fused-ring (bicyclic) bond motifs is 1. The van der Waals surface area contributed by atoms with E-state index in [1.807, 2.05) is 55.5 Å². The number of aromatic nitrogens is 2. The van der Waals surface area contributed by atoms with Gasteiger partial charge in [-0.3, -0.25) is 14.7 Å². The molecule has 0 radical (unpaired) electrons. The van der Waals surface area contributed by atoms with E-state index in [9.17, 15) is 9.59 Å². The predicted molar refractivity (Wildman–Crippen MR) is 109 cm³/mol. The Morgan fingerprint density at radius 3 is 2.45 bits per heavy atom. The number of benzene rings is 2. The molecule has 1 N–H and O–H groups in total. The van der Waals surface area contributed by atoms with Crippen molar-refractivity contribution in [3.05, 3.63) is 76.2 Å². The van der Waals surface area contributed by atoms with Gasteiger partial charge in [0.25, 0.3) is 11.5 Å². The summed E-state index contributed by atoms with van der Waals surface area (Å²) in [7, 11) is 0. The molecule has 29 heavy (non-hydrogen) atoms. The Kier molecular flexibility index (Phi) is 5.37. The smallest absolute Gasteiger partial charge is 0.276 e. The van der Waals surface area contributed by atoms with Gasteiger partial charge < -0.3 is 14.4 Å². The van der Waals surface area contributed by atoms with Crippen molar-refractivity contribution in [2.45, 2.75) is 19.9 Å². The van der Waals surface area contributed by atoms with Gasteiger partial charge in [0.1, 0.15) is 0 Å². The molecule has 0 aliphatic carbocycles. The fourth-order valence-electron chi connectivity index (χ4n) is 3.45. The van der Waals surface area contributed by atoms with Crippen LogP contribution in [0.1, 0.15) is 18.2 Å². The summed E-state index contributed by atoms with van der Waals surface area (Å²) in [6, 6.07) is 16.7. The summed E-state index contributed by atoms with van der Waals surface area (Å²) < 4.78 is 12.7. The lowest BCUT2D eigenvalue weighted by Gasteiger charge is -2.26. The molecule has 3 aromatic rings. The number of para-hydroxylation sites is 3. The number of carbonyl (C=O) groups is 1. The summed E-state index contributed by atoms with van der Waals surface area (Å²) >= 11 is 0. The second-order valence-electron chi connectivity index (χ2n) is 6.78. The molecule has 150 valence electrons. The normalized spacial score (nSPS) is 13.1. The molecule has 0 bridgehead atoms. The lowest BCUT2D eigenvalue weighted by molar-refractivity contribution is -0.134. The SMILES string of the molecule is CCOc1ccccc1OCC(=O)N1CCc2[nH]n(-c3ccccc3)c(=O)c2C1. The van der Waals surface area contributed by atoms with Gasteiger partial charge in [0, 0.05) is 18.7 Å². The second-order valence-corrected chi connectivity index (χ2v) is 6.78. The number of hydrogen-bond donors (Lipinski definition) is 1. The first-order valence-corrected chi connectivity index (χ1v) is 9.68. The fraction of sp³-hybridized carbons (Fsp3) is 0.273. The van der Waals surface area contributed by atoms with Gasteiger partial charge >= 0.3 is 0 Å². The highest BCUT2D eigenvalue weighted by Crippen LogP contribution is 2.26. The molecule has 1 aromatic heterocycles. The minimum atomic E-state index is -0.159. The third kappa shape index (κ3) is 3.89. The maximum atomic E-state index is 12.8. The molecule has 0 saturated carbocycles. The van der Waals surface area contributed by atoms with Crippen molar-refractivity contribution in [1.82, 2.24) is 14.7 Å². The molecule has 0 saturated heterocycles. The summed E-state index contributed by atoms with van der Waals surface area (Å²) in [5.74, 6) is 0.988. The van der Waals surface area contributed by atoms with Gasteiger partial charge in [0.05, 0.1) is 24.4 Å². The number of hydrogen-bond acceptors (Lipinski definition) is 4. The number of H-pyrrole nitrogens is 1. The Labute approximate surface area is 168 Å². The molecule has 2 aromatic carbocycles. The molecule has 1 aliphatic rings. The second kappa shape index (κ2) is 8.26. The minimum absolute atomic E-state index is 0.100. The summed E-state index contributed by atoms with van der Waals surface area (Å²) in [5, 5.41) is 3.18. The largest absolute Gasteiger partial charge is 0.490 e. The Balaban J connectivity index is 1.46. The number of ether oxygens (including phenoxy) is 2. The highest BCUT2D eigenvalue weighted by molar-refractivity contribution is 5.78. The average molecular weight is 393 g/mol. The van der Waals surface area contributed by atoms with Crippen LogP contribution in [-0.4, -0.2) is 40.3 Å². The van der Waals surface area contributed by atoms with Crippen LogP contribution in [0.5, 0.6) is 11.5 Å². The third-order valence-electron chi connectivity index (χ3n) is 4.92. The molecule has 0 spiro atoms. The van der Waals surface area contributed by atoms with Gasteiger partial charge in [0.15, 0.2) is 18.1 Å². The van der Waals surface area contributed by atoms with Gasteiger partial charge in [-0.25, -0.2) is 4.68 Å². The van der Waals surface area contributed by atoms with E-state index in [-0.39, 0.29) is 24.6 Å². The van der Waals surface area contributed by atoms with E-state index in [1.54, 1.807) is 11.0 Å². The molecule has 1 amide bonds. The van der Waals surface area contributed by atoms with Crippen molar-refractivity contribution < 1.29 is 14.3 Å². The molecule has 7 nitrogen and oxygen atoms in total. The van der Waals surface area contributed by atoms with Gasteiger partial charge in [-0.15, -0.1) is 0 Å². The summed E-state index contributed by atoms with van der Waals surface area (Å²) in [5.41, 5.74) is 2.17. The highest BCUT2D eigenvalue weighted by Gasteiger charge is 2.26. The Hall–Kier alpha value is -3.48. The van der Waals surface area contributed by atoms with E-state index in [0.29, 0.717) is 36.6 Å². The van der Waals surface area contributed by atoms with Crippen LogP contribution in [-0.2, 0) is 17.8 Å². The first-order valence-electron chi connectivity index (χ1n) is 9.68. The molecular formula is C22H23N3O4. The summed E-state index contributed by atoms with van der Waals surface area (Å²) in [4.78, 5) is 27.2. The number of nitrogens with one attached hydrogen (secondary N) is 1. The first-order chi connectivity index (χ1) is 14.2. The number of carbonyl (C=O) groups excluding carboxylic acids is 1. The van der Waals surface area contributed by atoms with E-state index < -0.39 is 0 Å². The van der Waals surface area contributed by atoms with Crippen LogP contribution in [0.15, 0.2) is 59.4 Å². The quantitative estimate of drug-likeness (QED) is 0.698. The van der Waals surface area contributed by atoms with Gasteiger partial charge in [0.2, 0.25) is 0 Å². The number of amides is 1. The molecule has 4 rings (SSSR count). The van der Waals surface area contributed by atoms with Crippen LogP contribution in [0.3, 0.4) is 0 Å². The van der Waals surface area contributed by atoms with Crippen LogP contribution in [0, 0.1) is 0 Å².